The molecule has 174 valence electrons. The van der Waals surface area contributed by atoms with Crippen LogP contribution in [0.15, 0.2) is 0 Å². The quantitative estimate of drug-likeness (QED) is 0.335. The average Bonchev–Trinajstić information content (AvgIpc) is 3.54. The Balaban J connectivity index is 1.66. The number of primary amides is 1. The number of nitrogens with two attached hydrogens (primary N) is 2. The van der Waals surface area contributed by atoms with Gasteiger partial charge in [0.1, 0.15) is 17.8 Å². The summed E-state index contributed by atoms with van der Waals surface area (Å²) in [6.45, 7) is 5.35. The van der Waals surface area contributed by atoms with Gasteiger partial charge in [-0.15, -0.1) is 0 Å². The van der Waals surface area contributed by atoms with Crippen LogP contribution in [0.1, 0.15) is 65.7 Å². The van der Waals surface area contributed by atoms with E-state index >= 15 is 0 Å². The molecule has 0 bridgehead atoms. The number of hydrogen-bond acceptors (Lipinski definition) is 5. The molecule has 31 heavy (non-hydrogen) atoms. The zero-order valence-electron chi connectivity index (χ0n) is 18.4. The summed E-state index contributed by atoms with van der Waals surface area (Å²) in [4.78, 5) is 49.7. The average molecular weight is 440 g/mol. The van der Waals surface area contributed by atoms with E-state index in [4.69, 9.17) is 11.5 Å². The molecule has 10 heteroatoms. The van der Waals surface area contributed by atoms with E-state index in [0.29, 0.717) is 19.3 Å². The van der Waals surface area contributed by atoms with Gasteiger partial charge >= 0.3 is 0 Å². The van der Waals surface area contributed by atoms with Gasteiger partial charge in [-0.3, -0.25) is 19.2 Å². The van der Waals surface area contributed by atoms with Gasteiger partial charge in [-0.2, -0.15) is 0 Å². The molecule has 0 aromatic rings. The summed E-state index contributed by atoms with van der Waals surface area (Å²) in [7, 11) is 0. The summed E-state index contributed by atoms with van der Waals surface area (Å²) in [5.41, 5.74) is 9.20. The van der Waals surface area contributed by atoms with Gasteiger partial charge in [0.2, 0.25) is 23.6 Å². The van der Waals surface area contributed by atoms with Crippen molar-refractivity contribution < 1.29 is 23.6 Å². The van der Waals surface area contributed by atoms with Crippen LogP contribution >= 0.6 is 0 Å². The van der Waals surface area contributed by atoms with Crippen molar-refractivity contribution >= 4 is 23.6 Å². The Hall–Kier alpha value is -2.23. The minimum absolute atomic E-state index is 0.0671. The second kappa shape index (κ2) is 8.03. The van der Waals surface area contributed by atoms with Gasteiger partial charge < -0.3 is 27.4 Å². The van der Waals surface area contributed by atoms with Crippen molar-refractivity contribution in [3.63, 3.8) is 0 Å². The van der Waals surface area contributed by atoms with Crippen molar-refractivity contribution in [2.24, 2.45) is 22.8 Å². The molecular formula is C21H34FN5O4. The molecule has 3 rings (SSSR count). The first-order chi connectivity index (χ1) is 14.2. The SMILES string of the molecule is CC(C)(C)[C@H](N)C(=O)N[C@@H](CC1(F)CC1)C(=O)N[C@@H](C[C@@H]1CC2(CC2)NC1=O)C(N)=O. The Labute approximate surface area is 181 Å². The minimum atomic E-state index is -1.52. The molecule has 1 saturated heterocycles. The van der Waals surface area contributed by atoms with Crippen molar-refractivity contribution in [3.8, 4) is 0 Å². The third-order valence-corrected chi connectivity index (χ3v) is 6.64. The molecule has 9 nitrogen and oxygen atoms in total. The number of rotatable bonds is 9. The number of carbonyl (C=O) groups excluding carboxylic acids is 4. The second-order valence-corrected chi connectivity index (χ2v) is 10.6. The zero-order valence-corrected chi connectivity index (χ0v) is 18.4. The summed E-state index contributed by atoms with van der Waals surface area (Å²) in [5.74, 6) is -2.64. The van der Waals surface area contributed by atoms with Gasteiger partial charge in [0.15, 0.2) is 0 Å². The van der Waals surface area contributed by atoms with Crippen LogP contribution in [0.3, 0.4) is 0 Å². The first-order valence-electron chi connectivity index (χ1n) is 10.9. The first kappa shape index (κ1) is 23.4. The van der Waals surface area contributed by atoms with E-state index in [2.05, 4.69) is 16.0 Å². The smallest absolute Gasteiger partial charge is 0.243 e. The number of carbonyl (C=O) groups is 4. The molecule has 1 aliphatic heterocycles. The standard InChI is InChI=1S/C21H34FN5O4/c1-19(2,3)14(23)18(31)26-13(10-20(22)4-5-20)17(30)25-12(15(24)28)8-11-9-21(6-7-21)27-16(11)29/h11-14H,4-10,23H2,1-3H3,(H2,24,28)(H,25,30)(H,26,31)(H,27,29)/t11-,12+,13+,14-/m1/s1. The van der Waals surface area contributed by atoms with E-state index in [1.54, 1.807) is 20.8 Å². The molecule has 7 N–H and O–H groups in total. The summed E-state index contributed by atoms with van der Waals surface area (Å²) < 4.78 is 14.5. The number of nitrogens with one attached hydrogen (secondary N) is 3. The fraction of sp³-hybridized carbons (Fsp3) is 0.810. The van der Waals surface area contributed by atoms with Crippen molar-refractivity contribution in [1.29, 1.82) is 0 Å². The highest BCUT2D eigenvalue weighted by molar-refractivity contribution is 5.93. The molecule has 0 unspecified atom stereocenters. The van der Waals surface area contributed by atoms with Crippen molar-refractivity contribution in [2.45, 2.75) is 95.1 Å². The summed E-state index contributed by atoms with van der Waals surface area (Å²) in [5, 5.41) is 8.01. The molecule has 3 aliphatic rings. The summed E-state index contributed by atoms with van der Waals surface area (Å²) >= 11 is 0. The fourth-order valence-corrected chi connectivity index (χ4v) is 4.02. The lowest BCUT2D eigenvalue weighted by Crippen LogP contribution is -2.58. The molecule has 3 fully saturated rings. The molecule has 0 radical (unpaired) electrons. The number of hydrogen-bond donors (Lipinski definition) is 5. The van der Waals surface area contributed by atoms with Gasteiger partial charge in [-0.25, -0.2) is 4.39 Å². The predicted molar refractivity (Wildman–Crippen MR) is 111 cm³/mol. The van der Waals surface area contributed by atoms with E-state index in [-0.39, 0.29) is 24.3 Å². The van der Waals surface area contributed by atoms with E-state index in [1.165, 1.54) is 0 Å². The van der Waals surface area contributed by atoms with Crippen LogP contribution in [-0.4, -0.2) is 53.0 Å². The van der Waals surface area contributed by atoms with Crippen molar-refractivity contribution in [1.82, 2.24) is 16.0 Å². The highest BCUT2D eigenvalue weighted by atomic mass is 19.1. The van der Waals surface area contributed by atoms with Gasteiger partial charge in [0.25, 0.3) is 0 Å². The van der Waals surface area contributed by atoms with Gasteiger partial charge in [0, 0.05) is 17.9 Å². The van der Waals surface area contributed by atoms with E-state index in [9.17, 15) is 23.6 Å². The highest BCUT2D eigenvalue weighted by Gasteiger charge is 2.53. The monoisotopic (exact) mass is 439 g/mol. The summed E-state index contributed by atoms with van der Waals surface area (Å²) in [6, 6.07) is -3.19. The lowest BCUT2D eigenvalue weighted by atomic mass is 9.86. The fourth-order valence-electron chi connectivity index (χ4n) is 4.02. The second-order valence-electron chi connectivity index (χ2n) is 10.6. The normalized spacial score (nSPS) is 25.8. The van der Waals surface area contributed by atoms with Gasteiger partial charge in [-0.05, 0) is 43.9 Å². The Morgan fingerprint density at radius 2 is 1.71 bits per heavy atom. The first-order valence-corrected chi connectivity index (χ1v) is 10.9. The third-order valence-electron chi connectivity index (χ3n) is 6.64. The predicted octanol–water partition coefficient (Wildman–Crippen LogP) is -0.234. The molecular weight excluding hydrogens is 405 g/mol. The zero-order chi connectivity index (χ0) is 23.2. The maximum atomic E-state index is 14.5. The lowest BCUT2D eigenvalue weighted by molar-refractivity contribution is -0.133. The van der Waals surface area contributed by atoms with Crippen LogP contribution in [0.2, 0.25) is 0 Å². The maximum Gasteiger partial charge on any atom is 0.243 e. The van der Waals surface area contributed by atoms with E-state index in [1.807, 2.05) is 0 Å². The third kappa shape index (κ3) is 5.72. The molecule has 1 heterocycles. The largest absolute Gasteiger partial charge is 0.368 e. The van der Waals surface area contributed by atoms with Crippen LogP contribution in [0.25, 0.3) is 0 Å². The van der Waals surface area contributed by atoms with Crippen LogP contribution in [-0.2, 0) is 19.2 Å². The lowest BCUT2D eigenvalue weighted by Gasteiger charge is -2.29. The van der Waals surface area contributed by atoms with Gasteiger partial charge in [0.05, 0.1) is 6.04 Å². The Morgan fingerprint density at radius 1 is 1.13 bits per heavy atom. The van der Waals surface area contributed by atoms with Crippen LogP contribution in [0, 0.1) is 11.3 Å². The van der Waals surface area contributed by atoms with Crippen molar-refractivity contribution in [3.05, 3.63) is 0 Å². The minimum Gasteiger partial charge on any atom is -0.368 e. The Kier molecular flexibility index (Phi) is 6.07. The summed E-state index contributed by atoms with van der Waals surface area (Å²) in [6.07, 6.45) is 2.88. The molecule has 0 aromatic heterocycles. The van der Waals surface area contributed by atoms with Crippen LogP contribution in [0.4, 0.5) is 4.39 Å². The Bertz CT molecular complexity index is 772. The molecule has 0 aromatic carbocycles. The highest BCUT2D eigenvalue weighted by Crippen LogP contribution is 2.46. The molecule has 4 amide bonds. The van der Waals surface area contributed by atoms with Gasteiger partial charge in [-0.1, -0.05) is 20.8 Å². The number of amides is 4. The molecule has 2 saturated carbocycles. The van der Waals surface area contributed by atoms with Crippen LogP contribution in [0.5, 0.6) is 0 Å². The molecule has 4 atom stereocenters. The van der Waals surface area contributed by atoms with E-state index in [0.717, 1.165) is 12.8 Å². The number of halogens is 1. The molecule has 1 spiro atoms. The van der Waals surface area contributed by atoms with Crippen molar-refractivity contribution in [2.75, 3.05) is 0 Å². The molecule has 2 aliphatic carbocycles. The van der Waals surface area contributed by atoms with E-state index < -0.39 is 52.8 Å². The Morgan fingerprint density at radius 3 is 2.16 bits per heavy atom. The van der Waals surface area contributed by atoms with Crippen LogP contribution < -0.4 is 27.4 Å². The maximum absolute atomic E-state index is 14.5. The number of alkyl halides is 1. The topological polar surface area (TPSA) is 156 Å².